The Hall–Kier alpha value is -4.91. The fourth-order valence-corrected chi connectivity index (χ4v) is 4.75. The summed E-state index contributed by atoms with van der Waals surface area (Å²) in [6.07, 6.45) is -0.0416. The van der Waals surface area contributed by atoms with E-state index < -0.39 is 23.5 Å². The average molecular weight is 538 g/mol. The molecule has 5 rings (SSSR count). The zero-order valence-corrected chi connectivity index (χ0v) is 22.3. The van der Waals surface area contributed by atoms with Gasteiger partial charge in [0, 0.05) is 11.3 Å². The number of benzene rings is 4. The van der Waals surface area contributed by atoms with Gasteiger partial charge in [0.25, 0.3) is 11.7 Å². The molecule has 1 unspecified atom stereocenters. The van der Waals surface area contributed by atoms with Gasteiger partial charge in [-0.05, 0) is 92.6 Å². The number of Topliss-reactive ketones (excluding diaryl/α,β-unsaturated/α-hetero) is 1. The molecule has 1 saturated heterocycles. The molecule has 7 heteroatoms. The Morgan fingerprint density at radius 3 is 2.30 bits per heavy atom. The number of ketones is 1. The van der Waals surface area contributed by atoms with Gasteiger partial charge in [0.2, 0.25) is 0 Å². The Bertz CT molecular complexity index is 1610. The van der Waals surface area contributed by atoms with Crippen molar-refractivity contribution in [1.29, 1.82) is 0 Å². The van der Waals surface area contributed by atoms with E-state index in [1.54, 1.807) is 60.7 Å². The van der Waals surface area contributed by atoms with E-state index in [-0.39, 0.29) is 23.1 Å². The molecule has 1 aliphatic heterocycles. The van der Waals surface area contributed by atoms with Gasteiger partial charge in [-0.25, -0.2) is 4.39 Å². The van der Waals surface area contributed by atoms with E-state index in [2.05, 4.69) is 0 Å². The van der Waals surface area contributed by atoms with Gasteiger partial charge in [0.1, 0.15) is 28.8 Å². The third-order valence-electron chi connectivity index (χ3n) is 6.49. The second kappa shape index (κ2) is 11.1. The number of aliphatic hydroxyl groups excluding tert-OH is 1. The number of aliphatic hydroxyl groups is 1. The van der Waals surface area contributed by atoms with Crippen LogP contribution in [-0.2, 0) is 9.59 Å². The van der Waals surface area contributed by atoms with Crippen LogP contribution in [0.3, 0.4) is 0 Å². The largest absolute Gasteiger partial charge is 0.507 e. The molecule has 0 saturated carbocycles. The van der Waals surface area contributed by atoms with Gasteiger partial charge in [-0.2, -0.15) is 0 Å². The normalized spacial score (nSPS) is 16.4. The summed E-state index contributed by atoms with van der Waals surface area (Å²) in [7, 11) is 0. The van der Waals surface area contributed by atoms with Crippen LogP contribution < -0.4 is 14.4 Å². The Balaban J connectivity index is 1.65. The summed E-state index contributed by atoms with van der Waals surface area (Å²) in [6.45, 7) is 5.66. The number of rotatable bonds is 7. The molecule has 4 aromatic rings. The summed E-state index contributed by atoms with van der Waals surface area (Å²) in [6, 6.07) is 25.6. The molecule has 1 aliphatic rings. The Morgan fingerprint density at radius 2 is 1.60 bits per heavy atom. The number of halogens is 1. The highest BCUT2D eigenvalue weighted by atomic mass is 19.1. The van der Waals surface area contributed by atoms with Crippen LogP contribution in [0.15, 0.2) is 103 Å². The highest BCUT2D eigenvalue weighted by molar-refractivity contribution is 6.51. The molecule has 0 bridgehead atoms. The first-order valence-electron chi connectivity index (χ1n) is 12.9. The van der Waals surface area contributed by atoms with E-state index in [9.17, 15) is 19.1 Å². The minimum atomic E-state index is -1.03. The lowest BCUT2D eigenvalue weighted by Gasteiger charge is -2.26. The smallest absolute Gasteiger partial charge is 0.300 e. The number of hydrogen-bond donors (Lipinski definition) is 1. The molecule has 0 spiro atoms. The predicted molar refractivity (Wildman–Crippen MR) is 151 cm³/mol. The number of nitrogens with zero attached hydrogens (tertiary/aromatic N) is 1. The second-order valence-corrected chi connectivity index (χ2v) is 9.78. The van der Waals surface area contributed by atoms with Crippen LogP contribution in [0.5, 0.6) is 17.2 Å². The van der Waals surface area contributed by atoms with Crippen molar-refractivity contribution in [3.8, 4) is 17.2 Å². The van der Waals surface area contributed by atoms with Crippen molar-refractivity contribution in [2.24, 2.45) is 0 Å². The highest BCUT2D eigenvalue weighted by Crippen LogP contribution is 2.43. The van der Waals surface area contributed by atoms with E-state index in [4.69, 9.17) is 9.47 Å². The Morgan fingerprint density at radius 1 is 0.875 bits per heavy atom. The standard InChI is InChI=1S/C33H28FNO5/c1-20(2)39-28-16-15-23(17-21(28)3)31(36)29-30(35(33(38)32(29)37)25-11-8-10-24(34)19-25)22-9-7-14-27(18-22)40-26-12-5-4-6-13-26/h4-20,30,36H,1-3H3/b31-29+. The van der Waals surface area contributed by atoms with Crippen molar-refractivity contribution < 1.29 is 28.6 Å². The van der Waals surface area contributed by atoms with Gasteiger partial charge in [-0.15, -0.1) is 0 Å². The van der Waals surface area contributed by atoms with Crippen molar-refractivity contribution >= 4 is 23.1 Å². The summed E-state index contributed by atoms with van der Waals surface area (Å²) in [4.78, 5) is 28.1. The lowest BCUT2D eigenvalue weighted by Crippen LogP contribution is -2.29. The number of carbonyl (C=O) groups excluding carboxylic acids is 2. The highest BCUT2D eigenvalue weighted by Gasteiger charge is 2.47. The van der Waals surface area contributed by atoms with Crippen LogP contribution in [0.2, 0.25) is 0 Å². The molecule has 4 aromatic carbocycles. The number of hydrogen-bond acceptors (Lipinski definition) is 5. The van der Waals surface area contributed by atoms with Crippen molar-refractivity contribution in [3.63, 3.8) is 0 Å². The number of para-hydroxylation sites is 1. The zero-order chi connectivity index (χ0) is 28.4. The van der Waals surface area contributed by atoms with Gasteiger partial charge < -0.3 is 14.6 Å². The van der Waals surface area contributed by atoms with Gasteiger partial charge in [0.15, 0.2) is 0 Å². The molecule has 202 valence electrons. The van der Waals surface area contributed by atoms with Gasteiger partial charge in [0.05, 0.1) is 17.7 Å². The van der Waals surface area contributed by atoms with E-state index in [0.717, 1.165) is 5.56 Å². The Labute approximate surface area is 231 Å². The van der Waals surface area contributed by atoms with Crippen molar-refractivity contribution in [1.82, 2.24) is 0 Å². The first kappa shape index (κ1) is 26.7. The van der Waals surface area contributed by atoms with Crippen LogP contribution in [0, 0.1) is 12.7 Å². The zero-order valence-electron chi connectivity index (χ0n) is 22.3. The molecule has 40 heavy (non-hydrogen) atoms. The number of carbonyl (C=O) groups is 2. The number of aryl methyl sites for hydroxylation is 1. The number of amides is 1. The minimum absolute atomic E-state index is 0.0416. The molecule has 6 nitrogen and oxygen atoms in total. The molecule has 1 fully saturated rings. The van der Waals surface area contributed by atoms with Gasteiger partial charge in [-0.1, -0.05) is 36.4 Å². The van der Waals surface area contributed by atoms with E-state index >= 15 is 0 Å². The predicted octanol–water partition coefficient (Wildman–Crippen LogP) is 7.34. The lowest BCUT2D eigenvalue weighted by atomic mass is 9.94. The SMILES string of the molecule is Cc1cc(/C(O)=C2\C(=O)C(=O)N(c3cccc(F)c3)C2c2cccc(Oc3ccccc3)c2)ccc1OC(C)C. The van der Waals surface area contributed by atoms with Crippen molar-refractivity contribution in [2.45, 2.75) is 32.9 Å². The van der Waals surface area contributed by atoms with Crippen LogP contribution in [0.1, 0.15) is 36.6 Å². The first-order valence-corrected chi connectivity index (χ1v) is 12.9. The van der Waals surface area contributed by atoms with Crippen molar-refractivity contribution in [3.05, 3.63) is 125 Å². The number of ether oxygens (including phenoxy) is 2. The average Bonchev–Trinajstić information content (AvgIpc) is 3.20. The van der Waals surface area contributed by atoms with Crippen LogP contribution in [0.4, 0.5) is 10.1 Å². The fraction of sp³-hybridized carbons (Fsp3) is 0.152. The number of anilines is 1. The minimum Gasteiger partial charge on any atom is -0.507 e. The fourth-order valence-electron chi connectivity index (χ4n) is 4.75. The molecule has 1 N–H and O–H groups in total. The molecule has 1 atom stereocenters. The molecule has 1 heterocycles. The monoisotopic (exact) mass is 537 g/mol. The second-order valence-electron chi connectivity index (χ2n) is 9.78. The lowest BCUT2D eigenvalue weighted by molar-refractivity contribution is -0.132. The maximum absolute atomic E-state index is 14.3. The van der Waals surface area contributed by atoms with E-state index in [0.29, 0.717) is 28.4 Å². The van der Waals surface area contributed by atoms with Gasteiger partial charge in [-0.3, -0.25) is 14.5 Å². The van der Waals surface area contributed by atoms with Crippen LogP contribution in [0.25, 0.3) is 5.76 Å². The first-order chi connectivity index (χ1) is 19.2. The van der Waals surface area contributed by atoms with Crippen LogP contribution in [-0.4, -0.2) is 22.9 Å². The quantitative estimate of drug-likeness (QED) is 0.152. The van der Waals surface area contributed by atoms with Crippen LogP contribution >= 0.6 is 0 Å². The topological polar surface area (TPSA) is 76.1 Å². The summed E-state index contributed by atoms with van der Waals surface area (Å²) in [5, 5.41) is 11.5. The Kier molecular flexibility index (Phi) is 7.38. The van der Waals surface area contributed by atoms with E-state index in [1.165, 1.54) is 23.1 Å². The summed E-state index contributed by atoms with van der Waals surface area (Å²) in [5.41, 5.74) is 1.70. The molecule has 0 aliphatic carbocycles. The third-order valence-corrected chi connectivity index (χ3v) is 6.49. The van der Waals surface area contributed by atoms with E-state index in [1.807, 2.05) is 39.0 Å². The third kappa shape index (κ3) is 5.31. The maximum atomic E-state index is 14.3. The van der Waals surface area contributed by atoms with Gasteiger partial charge >= 0.3 is 0 Å². The molecule has 1 amide bonds. The summed E-state index contributed by atoms with van der Waals surface area (Å²) < 4.78 is 26.1. The van der Waals surface area contributed by atoms with Crippen molar-refractivity contribution in [2.75, 3.05) is 4.90 Å². The molecule has 0 aromatic heterocycles. The maximum Gasteiger partial charge on any atom is 0.300 e. The summed E-state index contributed by atoms with van der Waals surface area (Å²) >= 11 is 0. The molecular weight excluding hydrogens is 509 g/mol. The molecule has 0 radical (unpaired) electrons. The molecular formula is C33H28FNO5. The summed E-state index contributed by atoms with van der Waals surface area (Å²) in [5.74, 6) is -0.914.